The molecule has 1 aliphatic rings. The number of para-hydroxylation sites is 1. The van der Waals surface area contributed by atoms with Crippen molar-refractivity contribution in [3.05, 3.63) is 54.0 Å². The molecule has 24 heavy (non-hydrogen) atoms. The normalized spacial score (nSPS) is 19.3. The van der Waals surface area contributed by atoms with Gasteiger partial charge in [0.2, 0.25) is 0 Å². The SMILES string of the molecule is C[C@@](O)(CNC(=O)N[C@H]1CCCOc2ccccc21)c1ccco1. The number of ether oxygens (including phenoxy) is 1. The fourth-order valence-electron chi connectivity index (χ4n) is 2.81. The number of rotatable bonds is 4. The summed E-state index contributed by atoms with van der Waals surface area (Å²) >= 11 is 0. The predicted octanol–water partition coefficient (Wildman–Crippen LogP) is 2.70. The van der Waals surface area contributed by atoms with Gasteiger partial charge in [0.25, 0.3) is 0 Å². The van der Waals surface area contributed by atoms with Gasteiger partial charge >= 0.3 is 6.03 Å². The summed E-state index contributed by atoms with van der Waals surface area (Å²) in [5, 5.41) is 16.0. The first kappa shape index (κ1) is 16.4. The molecule has 0 saturated heterocycles. The molecule has 6 heteroatoms. The molecule has 3 N–H and O–H groups in total. The first-order valence-corrected chi connectivity index (χ1v) is 8.09. The monoisotopic (exact) mass is 330 g/mol. The Morgan fingerprint density at radius 1 is 1.33 bits per heavy atom. The van der Waals surface area contributed by atoms with Gasteiger partial charge in [0.05, 0.1) is 25.5 Å². The van der Waals surface area contributed by atoms with Gasteiger partial charge in [0, 0.05) is 5.56 Å². The van der Waals surface area contributed by atoms with Gasteiger partial charge in [-0.05, 0) is 38.0 Å². The van der Waals surface area contributed by atoms with Gasteiger partial charge in [0.1, 0.15) is 17.1 Å². The maximum Gasteiger partial charge on any atom is 0.315 e. The highest BCUT2D eigenvalue weighted by Gasteiger charge is 2.27. The van der Waals surface area contributed by atoms with Gasteiger partial charge in [-0.25, -0.2) is 4.79 Å². The summed E-state index contributed by atoms with van der Waals surface area (Å²) in [6.07, 6.45) is 3.16. The summed E-state index contributed by atoms with van der Waals surface area (Å²) in [5.41, 5.74) is -0.284. The van der Waals surface area contributed by atoms with Crippen molar-refractivity contribution in [1.82, 2.24) is 10.6 Å². The number of fused-ring (bicyclic) bond motifs is 1. The Balaban J connectivity index is 1.61. The smallest absolute Gasteiger partial charge is 0.315 e. The van der Waals surface area contributed by atoms with Crippen molar-refractivity contribution >= 4 is 6.03 Å². The zero-order valence-corrected chi connectivity index (χ0v) is 13.6. The number of carbonyl (C=O) groups is 1. The van der Waals surface area contributed by atoms with E-state index in [1.165, 1.54) is 6.26 Å². The maximum absolute atomic E-state index is 12.2. The van der Waals surface area contributed by atoms with E-state index in [0.717, 1.165) is 24.2 Å². The van der Waals surface area contributed by atoms with Gasteiger partial charge in [-0.15, -0.1) is 0 Å². The molecular weight excluding hydrogens is 308 g/mol. The van der Waals surface area contributed by atoms with E-state index < -0.39 is 5.60 Å². The van der Waals surface area contributed by atoms with Gasteiger partial charge < -0.3 is 24.9 Å². The van der Waals surface area contributed by atoms with Gasteiger partial charge in [0.15, 0.2) is 0 Å². The highest BCUT2D eigenvalue weighted by atomic mass is 16.5. The molecule has 2 aromatic rings. The topological polar surface area (TPSA) is 83.7 Å². The molecule has 0 unspecified atom stereocenters. The lowest BCUT2D eigenvalue weighted by atomic mass is 10.0. The summed E-state index contributed by atoms with van der Waals surface area (Å²) in [7, 11) is 0. The fourth-order valence-corrected chi connectivity index (χ4v) is 2.81. The Bertz CT molecular complexity index is 682. The summed E-state index contributed by atoms with van der Waals surface area (Å²) < 4.78 is 10.9. The Labute approximate surface area is 140 Å². The van der Waals surface area contributed by atoms with E-state index in [2.05, 4.69) is 10.6 Å². The Hall–Kier alpha value is -2.47. The summed E-state index contributed by atoms with van der Waals surface area (Å²) in [6, 6.07) is 10.7. The zero-order valence-electron chi connectivity index (χ0n) is 13.6. The van der Waals surface area contributed by atoms with Crippen LogP contribution in [-0.4, -0.2) is 24.3 Å². The average molecular weight is 330 g/mol. The van der Waals surface area contributed by atoms with Crippen LogP contribution in [0.25, 0.3) is 0 Å². The van der Waals surface area contributed by atoms with Crippen molar-refractivity contribution in [2.24, 2.45) is 0 Å². The van der Waals surface area contributed by atoms with E-state index in [9.17, 15) is 9.90 Å². The van der Waals surface area contributed by atoms with E-state index in [1.54, 1.807) is 19.1 Å². The van der Waals surface area contributed by atoms with E-state index in [1.807, 2.05) is 24.3 Å². The molecule has 2 amide bonds. The third kappa shape index (κ3) is 3.71. The molecular formula is C18H22N2O4. The number of nitrogens with one attached hydrogen (secondary N) is 2. The first-order chi connectivity index (χ1) is 11.6. The quantitative estimate of drug-likeness (QED) is 0.805. The van der Waals surface area contributed by atoms with E-state index in [4.69, 9.17) is 9.15 Å². The number of amides is 2. The van der Waals surface area contributed by atoms with Crippen molar-refractivity contribution in [2.45, 2.75) is 31.4 Å². The predicted molar refractivity (Wildman–Crippen MR) is 88.7 cm³/mol. The molecule has 3 rings (SSSR count). The third-order valence-corrected chi connectivity index (χ3v) is 4.14. The van der Waals surface area contributed by atoms with Crippen LogP contribution >= 0.6 is 0 Å². The molecule has 0 aliphatic carbocycles. The minimum atomic E-state index is -1.26. The standard InChI is InChI=1S/C18H22N2O4/c1-18(22,16-9-5-11-24-16)12-19-17(21)20-14-7-4-10-23-15-8-3-2-6-13(14)15/h2-3,5-6,8-9,11,14,22H,4,7,10,12H2,1H3,(H2,19,20,21)/t14-,18+/m0/s1. The second kappa shape index (κ2) is 6.97. The number of benzene rings is 1. The highest BCUT2D eigenvalue weighted by Crippen LogP contribution is 2.31. The number of hydrogen-bond acceptors (Lipinski definition) is 4. The molecule has 128 valence electrons. The lowest BCUT2D eigenvalue weighted by molar-refractivity contribution is 0.0366. The van der Waals surface area contributed by atoms with Crippen LogP contribution < -0.4 is 15.4 Å². The van der Waals surface area contributed by atoms with Crippen molar-refractivity contribution in [2.75, 3.05) is 13.2 Å². The third-order valence-electron chi connectivity index (χ3n) is 4.14. The van der Waals surface area contributed by atoms with E-state index >= 15 is 0 Å². The van der Waals surface area contributed by atoms with Crippen LogP contribution in [0.1, 0.15) is 37.1 Å². The van der Waals surface area contributed by atoms with Gasteiger partial charge in [-0.2, -0.15) is 0 Å². The molecule has 1 aromatic carbocycles. The molecule has 1 aromatic heterocycles. The van der Waals surface area contributed by atoms with Gasteiger partial charge in [-0.3, -0.25) is 0 Å². The van der Waals surface area contributed by atoms with Gasteiger partial charge in [-0.1, -0.05) is 18.2 Å². The zero-order chi connectivity index (χ0) is 17.0. The lowest BCUT2D eigenvalue weighted by Gasteiger charge is -2.23. The Kier molecular flexibility index (Phi) is 4.76. The first-order valence-electron chi connectivity index (χ1n) is 8.09. The number of aliphatic hydroxyl groups is 1. The summed E-state index contributed by atoms with van der Waals surface area (Å²) in [4.78, 5) is 12.2. The average Bonchev–Trinajstić information content (AvgIpc) is 3.05. The minimum absolute atomic E-state index is 0.0528. The van der Waals surface area contributed by atoms with Crippen LogP contribution in [0.3, 0.4) is 0 Å². The lowest BCUT2D eigenvalue weighted by Crippen LogP contribution is -2.44. The number of urea groups is 1. The van der Waals surface area contributed by atoms with Crippen LogP contribution in [0.4, 0.5) is 4.79 Å². The molecule has 6 nitrogen and oxygen atoms in total. The molecule has 1 aliphatic heterocycles. The van der Waals surface area contributed by atoms with Crippen molar-refractivity contribution in [3.8, 4) is 5.75 Å². The van der Waals surface area contributed by atoms with Crippen LogP contribution in [0.5, 0.6) is 5.75 Å². The second-order valence-electron chi connectivity index (χ2n) is 6.16. The van der Waals surface area contributed by atoms with Crippen molar-refractivity contribution in [3.63, 3.8) is 0 Å². The van der Waals surface area contributed by atoms with Crippen LogP contribution in [0.15, 0.2) is 47.1 Å². The van der Waals surface area contributed by atoms with E-state index in [-0.39, 0.29) is 18.6 Å². The highest BCUT2D eigenvalue weighted by molar-refractivity contribution is 5.74. The molecule has 0 spiro atoms. The summed E-state index contributed by atoms with van der Waals surface area (Å²) in [5.74, 6) is 1.22. The molecule has 0 saturated carbocycles. The van der Waals surface area contributed by atoms with E-state index in [0.29, 0.717) is 12.4 Å². The van der Waals surface area contributed by atoms with Crippen molar-refractivity contribution in [1.29, 1.82) is 0 Å². The number of carbonyl (C=O) groups excluding carboxylic acids is 1. The second-order valence-corrected chi connectivity index (χ2v) is 6.16. The molecule has 0 bridgehead atoms. The van der Waals surface area contributed by atoms with Crippen molar-refractivity contribution < 1.29 is 19.1 Å². The minimum Gasteiger partial charge on any atom is -0.493 e. The molecule has 2 atom stereocenters. The Morgan fingerprint density at radius 2 is 2.17 bits per heavy atom. The molecule has 0 fully saturated rings. The molecule has 2 heterocycles. The fraction of sp³-hybridized carbons (Fsp3) is 0.389. The van der Waals surface area contributed by atoms with Crippen LogP contribution in [-0.2, 0) is 5.60 Å². The maximum atomic E-state index is 12.2. The number of hydrogen-bond donors (Lipinski definition) is 3. The number of furan rings is 1. The molecule has 0 radical (unpaired) electrons. The Morgan fingerprint density at radius 3 is 2.96 bits per heavy atom. The summed E-state index contributed by atoms with van der Waals surface area (Å²) in [6.45, 7) is 2.29. The van der Waals surface area contributed by atoms with Crippen LogP contribution in [0, 0.1) is 0 Å². The van der Waals surface area contributed by atoms with Crippen LogP contribution in [0.2, 0.25) is 0 Å². The largest absolute Gasteiger partial charge is 0.493 e.